The first-order valence-corrected chi connectivity index (χ1v) is 4.36. The zero-order valence-electron chi connectivity index (χ0n) is 7.54. The van der Waals surface area contributed by atoms with Gasteiger partial charge in [-0.15, -0.1) is 0 Å². The van der Waals surface area contributed by atoms with Gasteiger partial charge in [0.05, 0.1) is 6.10 Å². The molecule has 1 aliphatic carbocycles. The third kappa shape index (κ3) is 3.89. The number of rotatable bonds is 3. The Kier molecular flexibility index (Phi) is 3.25. The first kappa shape index (κ1) is 9.98. The van der Waals surface area contributed by atoms with Gasteiger partial charge in [-0.2, -0.15) is 0 Å². The van der Waals surface area contributed by atoms with E-state index in [0.29, 0.717) is 0 Å². The maximum Gasteiger partial charge on any atom is 0.309 e. The lowest BCUT2D eigenvalue weighted by Crippen LogP contribution is -2.42. The summed E-state index contributed by atoms with van der Waals surface area (Å²) < 4.78 is 0. The van der Waals surface area contributed by atoms with Crippen molar-refractivity contribution in [2.24, 2.45) is 0 Å². The highest BCUT2D eigenvalue weighted by molar-refractivity contribution is 6.35. The van der Waals surface area contributed by atoms with Crippen LogP contribution in [0.4, 0.5) is 0 Å². The fraction of sp³-hybridized carbons (Fsp3) is 0.750. The van der Waals surface area contributed by atoms with Gasteiger partial charge in [-0.25, -0.2) is 0 Å². The van der Waals surface area contributed by atoms with Gasteiger partial charge in [0.25, 0.3) is 0 Å². The molecule has 2 amide bonds. The summed E-state index contributed by atoms with van der Waals surface area (Å²) >= 11 is 0. The Labute approximate surface area is 76.5 Å². The minimum Gasteiger partial charge on any atom is -0.392 e. The quantitative estimate of drug-likeness (QED) is 0.482. The van der Waals surface area contributed by atoms with Crippen molar-refractivity contribution in [2.45, 2.75) is 31.9 Å². The zero-order valence-corrected chi connectivity index (χ0v) is 7.54. The number of carbonyl (C=O) groups excluding carboxylic acids is 2. The maximum atomic E-state index is 11.0. The summed E-state index contributed by atoms with van der Waals surface area (Å²) in [5.41, 5.74) is 0. The molecule has 0 aliphatic heterocycles. The van der Waals surface area contributed by atoms with Gasteiger partial charge in [-0.05, 0) is 19.8 Å². The normalized spacial score (nSPS) is 17.7. The van der Waals surface area contributed by atoms with E-state index in [-0.39, 0.29) is 12.6 Å². The largest absolute Gasteiger partial charge is 0.392 e. The molecule has 74 valence electrons. The van der Waals surface area contributed by atoms with Gasteiger partial charge in [0, 0.05) is 12.6 Å². The third-order valence-electron chi connectivity index (χ3n) is 1.68. The zero-order chi connectivity index (χ0) is 9.84. The molecule has 0 aromatic heterocycles. The molecule has 0 spiro atoms. The number of aliphatic hydroxyl groups excluding tert-OH is 1. The van der Waals surface area contributed by atoms with Crippen molar-refractivity contribution >= 4 is 11.8 Å². The van der Waals surface area contributed by atoms with E-state index < -0.39 is 17.9 Å². The monoisotopic (exact) mass is 186 g/mol. The van der Waals surface area contributed by atoms with Gasteiger partial charge in [-0.1, -0.05) is 0 Å². The van der Waals surface area contributed by atoms with E-state index in [9.17, 15) is 9.59 Å². The molecule has 1 atom stereocenters. The summed E-state index contributed by atoms with van der Waals surface area (Å²) in [6.07, 6.45) is 1.28. The Morgan fingerprint density at radius 3 is 2.54 bits per heavy atom. The minimum absolute atomic E-state index is 0.108. The van der Waals surface area contributed by atoms with Crippen molar-refractivity contribution in [2.75, 3.05) is 6.54 Å². The molecule has 0 saturated heterocycles. The summed E-state index contributed by atoms with van der Waals surface area (Å²) in [5.74, 6) is -1.28. The van der Waals surface area contributed by atoms with Crippen LogP contribution in [0.3, 0.4) is 0 Å². The van der Waals surface area contributed by atoms with Gasteiger partial charge >= 0.3 is 11.8 Å². The summed E-state index contributed by atoms with van der Waals surface area (Å²) in [6, 6.07) is 0.185. The highest BCUT2D eigenvalue weighted by Crippen LogP contribution is 2.18. The lowest BCUT2D eigenvalue weighted by atomic mass is 10.4. The molecule has 1 saturated carbocycles. The van der Waals surface area contributed by atoms with E-state index in [1.54, 1.807) is 6.92 Å². The smallest absolute Gasteiger partial charge is 0.309 e. The number of carbonyl (C=O) groups is 2. The number of hydrogen-bond donors (Lipinski definition) is 3. The molecule has 1 fully saturated rings. The number of hydrogen-bond acceptors (Lipinski definition) is 3. The standard InChI is InChI=1S/C8H14N2O3/c1-5(11)4-9-7(12)8(13)10-6-2-3-6/h5-6,11H,2-4H2,1H3,(H,9,12)(H,10,13). The first-order valence-electron chi connectivity index (χ1n) is 4.36. The van der Waals surface area contributed by atoms with Crippen molar-refractivity contribution in [1.82, 2.24) is 10.6 Å². The molecule has 5 nitrogen and oxygen atoms in total. The maximum absolute atomic E-state index is 11.0. The molecular weight excluding hydrogens is 172 g/mol. The molecule has 1 aliphatic rings. The van der Waals surface area contributed by atoms with Gasteiger partial charge < -0.3 is 15.7 Å². The van der Waals surface area contributed by atoms with Crippen LogP contribution in [0, 0.1) is 0 Å². The van der Waals surface area contributed by atoms with Crippen molar-refractivity contribution in [1.29, 1.82) is 0 Å². The lowest BCUT2D eigenvalue weighted by molar-refractivity contribution is -0.139. The topological polar surface area (TPSA) is 78.4 Å². The van der Waals surface area contributed by atoms with Gasteiger partial charge in [0.2, 0.25) is 0 Å². The van der Waals surface area contributed by atoms with Crippen LogP contribution in [0.2, 0.25) is 0 Å². The second-order valence-corrected chi connectivity index (χ2v) is 3.31. The van der Waals surface area contributed by atoms with E-state index in [4.69, 9.17) is 5.11 Å². The SMILES string of the molecule is CC(O)CNC(=O)C(=O)NC1CC1. The van der Waals surface area contributed by atoms with E-state index >= 15 is 0 Å². The molecule has 13 heavy (non-hydrogen) atoms. The van der Waals surface area contributed by atoms with Crippen LogP contribution in [0.25, 0.3) is 0 Å². The summed E-state index contributed by atoms with van der Waals surface area (Å²) in [7, 11) is 0. The predicted molar refractivity (Wildman–Crippen MR) is 45.9 cm³/mol. The molecule has 0 bridgehead atoms. The van der Waals surface area contributed by atoms with Crippen molar-refractivity contribution in [3.8, 4) is 0 Å². The van der Waals surface area contributed by atoms with Gasteiger partial charge in [0.1, 0.15) is 0 Å². The number of nitrogens with one attached hydrogen (secondary N) is 2. The highest BCUT2D eigenvalue weighted by atomic mass is 16.3. The molecule has 1 unspecified atom stereocenters. The average molecular weight is 186 g/mol. The average Bonchev–Trinajstić information content (AvgIpc) is 2.83. The predicted octanol–water partition coefficient (Wildman–Crippen LogP) is -1.24. The Hall–Kier alpha value is -1.10. The molecule has 1 rings (SSSR count). The van der Waals surface area contributed by atoms with Crippen LogP contribution in [0.1, 0.15) is 19.8 Å². The van der Waals surface area contributed by atoms with Crippen LogP contribution in [0.5, 0.6) is 0 Å². The molecule has 0 heterocycles. The fourth-order valence-electron chi connectivity index (χ4n) is 0.799. The molecule has 5 heteroatoms. The third-order valence-corrected chi connectivity index (χ3v) is 1.68. The van der Waals surface area contributed by atoms with Crippen molar-refractivity contribution in [3.63, 3.8) is 0 Å². The Bertz CT molecular complexity index is 211. The van der Waals surface area contributed by atoms with Crippen LogP contribution < -0.4 is 10.6 Å². The number of aliphatic hydroxyl groups is 1. The molecule has 3 N–H and O–H groups in total. The Balaban J connectivity index is 2.17. The van der Waals surface area contributed by atoms with Crippen LogP contribution in [0.15, 0.2) is 0 Å². The van der Waals surface area contributed by atoms with E-state index in [2.05, 4.69) is 10.6 Å². The minimum atomic E-state index is -0.673. The van der Waals surface area contributed by atoms with Crippen molar-refractivity contribution in [3.05, 3.63) is 0 Å². The number of amides is 2. The molecule has 0 radical (unpaired) electrons. The Morgan fingerprint density at radius 2 is 2.08 bits per heavy atom. The molecule has 0 aromatic carbocycles. The molecular formula is C8H14N2O3. The van der Waals surface area contributed by atoms with Crippen LogP contribution in [-0.2, 0) is 9.59 Å². The Morgan fingerprint density at radius 1 is 1.46 bits per heavy atom. The van der Waals surface area contributed by atoms with Crippen LogP contribution >= 0.6 is 0 Å². The van der Waals surface area contributed by atoms with Crippen molar-refractivity contribution < 1.29 is 14.7 Å². The van der Waals surface area contributed by atoms with Gasteiger partial charge in [-0.3, -0.25) is 9.59 Å². The highest BCUT2D eigenvalue weighted by Gasteiger charge is 2.26. The van der Waals surface area contributed by atoms with Crippen LogP contribution in [-0.4, -0.2) is 35.6 Å². The van der Waals surface area contributed by atoms with E-state index in [1.807, 2.05) is 0 Å². The summed E-state index contributed by atoms with van der Waals surface area (Å²) in [6.45, 7) is 1.65. The fourth-order valence-corrected chi connectivity index (χ4v) is 0.799. The first-order chi connectivity index (χ1) is 6.09. The second-order valence-electron chi connectivity index (χ2n) is 3.31. The second kappa shape index (κ2) is 4.23. The molecule has 0 aromatic rings. The van der Waals surface area contributed by atoms with Gasteiger partial charge in [0.15, 0.2) is 0 Å². The summed E-state index contributed by atoms with van der Waals surface area (Å²) in [5, 5.41) is 13.7. The van der Waals surface area contributed by atoms with E-state index in [1.165, 1.54) is 0 Å². The lowest BCUT2D eigenvalue weighted by Gasteiger charge is -2.06. The van der Waals surface area contributed by atoms with E-state index in [0.717, 1.165) is 12.8 Å². The summed E-state index contributed by atoms with van der Waals surface area (Å²) in [4.78, 5) is 22.0.